The second kappa shape index (κ2) is 7.21. The van der Waals surface area contributed by atoms with Crippen LogP contribution in [-0.2, 0) is 9.53 Å². The molecular weight excluding hydrogens is 226 g/mol. The number of rotatable bonds is 7. The molecule has 0 aliphatic rings. The lowest BCUT2D eigenvalue weighted by atomic mass is 10.0. The van der Waals surface area contributed by atoms with Crippen LogP contribution in [0.4, 0.5) is 0 Å². The lowest BCUT2D eigenvalue weighted by Gasteiger charge is -2.20. The molecule has 0 amide bonds. The lowest BCUT2D eigenvalue weighted by molar-refractivity contribution is -0.481. The molecule has 0 aromatic carbocycles. The highest BCUT2D eigenvalue weighted by atomic mass is 16.6. The zero-order valence-electron chi connectivity index (χ0n) is 10.6. The molecule has 1 atom stereocenters. The first-order valence-electron chi connectivity index (χ1n) is 5.69. The summed E-state index contributed by atoms with van der Waals surface area (Å²) in [6.45, 7) is 5.01. The van der Waals surface area contributed by atoms with Gasteiger partial charge in [-0.05, 0) is 33.1 Å². The van der Waals surface area contributed by atoms with Gasteiger partial charge in [0.2, 0.25) is 6.54 Å². The van der Waals surface area contributed by atoms with Gasteiger partial charge in [-0.15, -0.1) is 0 Å². The van der Waals surface area contributed by atoms with Gasteiger partial charge in [-0.1, -0.05) is 0 Å². The van der Waals surface area contributed by atoms with Crippen molar-refractivity contribution in [3.63, 3.8) is 0 Å². The Hall–Kier alpha value is -1.17. The highest BCUT2D eigenvalue weighted by molar-refractivity contribution is 5.69. The van der Waals surface area contributed by atoms with E-state index in [1.807, 2.05) is 0 Å². The van der Waals surface area contributed by atoms with E-state index in [1.54, 1.807) is 20.8 Å². The van der Waals surface area contributed by atoms with E-state index in [9.17, 15) is 14.9 Å². The molecular formula is C11H21NO5. The number of carbonyl (C=O) groups is 1. The number of aliphatic hydroxyl groups is 1. The van der Waals surface area contributed by atoms with E-state index in [1.165, 1.54) is 0 Å². The van der Waals surface area contributed by atoms with Gasteiger partial charge in [-0.25, -0.2) is 0 Å². The van der Waals surface area contributed by atoms with Crippen molar-refractivity contribution in [1.29, 1.82) is 0 Å². The van der Waals surface area contributed by atoms with Crippen molar-refractivity contribution < 1.29 is 19.6 Å². The number of hydrogen-bond donors (Lipinski definition) is 1. The van der Waals surface area contributed by atoms with Crippen molar-refractivity contribution in [3.05, 3.63) is 10.1 Å². The average molecular weight is 247 g/mol. The maximum absolute atomic E-state index is 11.4. The van der Waals surface area contributed by atoms with Crippen LogP contribution >= 0.6 is 0 Å². The SMILES string of the molecule is CC(C)(C)OC(=O)CC[C@@H](CO)CC[N+](=O)[O-]. The predicted octanol–water partition coefficient (Wildman–Crippen LogP) is 1.38. The normalized spacial score (nSPS) is 13.2. The first kappa shape index (κ1) is 15.8. The standard InChI is InChI=1S/C11H21NO5/c1-11(2,3)17-10(14)5-4-9(8-13)6-7-12(15)16/h9,13H,4-8H2,1-3H3/t9-/m1/s1. The molecule has 0 fully saturated rings. The summed E-state index contributed by atoms with van der Waals surface area (Å²) in [5.74, 6) is -0.551. The highest BCUT2D eigenvalue weighted by Gasteiger charge is 2.18. The molecule has 0 aliphatic carbocycles. The number of ether oxygens (including phenoxy) is 1. The molecule has 0 aromatic rings. The maximum Gasteiger partial charge on any atom is 0.306 e. The van der Waals surface area contributed by atoms with Crippen molar-refractivity contribution in [2.75, 3.05) is 13.2 Å². The van der Waals surface area contributed by atoms with Gasteiger partial charge in [-0.2, -0.15) is 0 Å². The van der Waals surface area contributed by atoms with Crippen LogP contribution in [0.1, 0.15) is 40.0 Å². The Kier molecular flexibility index (Phi) is 6.72. The van der Waals surface area contributed by atoms with E-state index in [0.29, 0.717) is 6.42 Å². The maximum atomic E-state index is 11.4. The molecule has 0 rings (SSSR count). The highest BCUT2D eigenvalue weighted by Crippen LogP contribution is 2.14. The Labute approximate surface area is 101 Å². The number of esters is 1. The molecule has 0 saturated carbocycles. The van der Waals surface area contributed by atoms with E-state index in [4.69, 9.17) is 9.84 Å². The quantitative estimate of drug-likeness (QED) is 0.417. The second-order valence-electron chi connectivity index (χ2n) is 5.02. The van der Waals surface area contributed by atoms with Crippen LogP contribution in [0.25, 0.3) is 0 Å². The zero-order chi connectivity index (χ0) is 13.5. The van der Waals surface area contributed by atoms with Gasteiger partial charge in [-0.3, -0.25) is 14.9 Å². The molecule has 0 aliphatic heterocycles. The Morgan fingerprint density at radius 1 is 1.41 bits per heavy atom. The number of aliphatic hydroxyl groups excluding tert-OH is 1. The van der Waals surface area contributed by atoms with Crippen molar-refractivity contribution >= 4 is 5.97 Å². The fourth-order valence-electron chi connectivity index (χ4n) is 1.33. The van der Waals surface area contributed by atoms with Gasteiger partial charge in [0.05, 0.1) is 0 Å². The van der Waals surface area contributed by atoms with Gasteiger partial charge in [0.15, 0.2) is 0 Å². The topological polar surface area (TPSA) is 89.7 Å². The summed E-state index contributed by atoms with van der Waals surface area (Å²) >= 11 is 0. The van der Waals surface area contributed by atoms with Crippen LogP contribution in [0.2, 0.25) is 0 Å². The number of carbonyl (C=O) groups excluding carboxylic acids is 1. The molecule has 0 saturated heterocycles. The van der Waals surface area contributed by atoms with Crippen LogP contribution in [0.15, 0.2) is 0 Å². The van der Waals surface area contributed by atoms with Crippen LogP contribution < -0.4 is 0 Å². The molecule has 100 valence electrons. The van der Waals surface area contributed by atoms with Gasteiger partial charge in [0, 0.05) is 24.4 Å². The van der Waals surface area contributed by atoms with Crippen LogP contribution in [0.5, 0.6) is 0 Å². The summed E-state index contributed by atoms with van der Waals surface area (Å²) in [5, 5.41) is 19.2. The fourth-order valence-corrected chi connectivity index (χ4v) is 1.33. The summed E-state index contributed by atoms with van der Waals surface area (Å²) in [5.41, 5.74) is -0.521. The van der Waals surface area contributed by atoms with E-state index in [-0.39, 0.29) is 37.9 Å². The van der Waals surface area contributed by atoms with Gasteiger partial charge < -0.3 is 9.84 Å². The molecule has 17 heavy (non-hydrogen) atoms. The number of nitrogens with zero attached hydrogens (tertiary/aromatic N) is 1. The summed E-state index contributed by atoms with van der Waals surface area (Å²) in [6, 6.07) is 0. The van der Waals surface area contributed by atoms with Gasteiger partial charge in [0.1, 0.15) is 5.60 Å². The molecule has 0 unspecified atom stereocenters. The molecule has 0 aromatic heterocycles. The fraction of sp³-hybridized carbons (Fsp3) is 0.909. The lowest BCUT2D eigenvalue weighted by Crippen LogP contribution is -2.24. The Balaban J connectivity index is 3.90. The van der Waals surface area contributed by atoms with E-state index >= 15 is 0 Å². The largest absolute Gasteiger partial charge is 0.460 e. The molecule has 6 nitrogen and oxygen atoms in total. The average Bonchev–Trinajstić information content (AvgIpc) is 2.14. The summed E-state index contributed by atoms with van der Waals surface area (Å²) in [6.07, 6.45) is 0.881. The van der Waals surface area contributed by atoms with E-state index in [0.717, 1.165) is 0 Å². The number of hydrogen-bond acceptors (Lipinski definition) is 5. The second-order valence-corrected chi connectivity index (χ2v) is 5.02. The molecule has 0 heterocycles. The first-order valence-corrected chi connectivity index (χ1v) is 5.69. The van der Waals surface area contributed by atoms with Crippen molar-refractivity contribution in [3.8, 4) is 0 Å². The van der Waals surface area contributed by atoms with Gasteiger partial charge >= 0.3 is 5.97 Å². The van der Waals surface area contributed by atoms with Gasteiger partial charge in [0.25, 0.3) is 0 Å². The van der Waals surface area contributed by atoms with Crippen LogP contribution in [0.3, 0.4) is 0 Å². The number of nitro groups is 1. The van der Waals surface area contributed by atoms with Crippen LogP contribution in [-0.4, -0.2) is 34.8 Å². The predicted molar refractivity (Wildman–Crippen MR) is 62.1 cm³/mol. The summed E-state index contributed by atoms with van der Waals surface area (Å²) in [7, 11) is 0. The Morgan fingerprint density at radius 3 is 2.41 bits per heavy atom. The van der Waals surface area contributed by atoms with Crippen molar-refractivity contribution in [2.24, 2.45) is 5.92 Å². The van der Waals surface area contributed by atoms with Crippen molar-refractivity contribution in [2.45, 2.75) is 45.6 Å². The van der Waals surface area contributed by atoms with Crippen molar-refractivity contribution in [1.82, 2.24) is 0 Å². The summed E-state index contributed by atoms with van der Waals surface area (Å²) < 4.78 is 5.10. The molecule has 0 spiro atoms. The van der Waals surface area contributed by atoms with Crippen LogP contribution in [0, 0.1) is 16.0 Å². The monoisotopic (exact) mass is 247 g/mol. The minimum Gasteiger partial charge on any atom is -0.460 e. The van der Waals surface area contributed by atoms with E-state index in [2.05, 4.69) is 0 Å². The first-order chi connectivity index (χ1) is 7.74. The third-order valence-electron chi connectivity index (χ3n) is 2.15. The zero-order valence-corrected chi connectivity index (χ0v) is 10.6. The van der Waals surface area contributed by atoms with E-state index < -0.39 is 10.5 Å². The Morgan fingerprint density at radius 2 is 2.00 bits per heavy atom. The third-order valence-corrected chi connectivity index (χ3v) is 2.15. The molecule has 0 radical (unpaired) electrons. The molecule has 1 N–H and O–H groups in total. The summed E-state index contributed by atoms with van der Waals surface area (Å²) in [4.78, 5) is 21.1. The minimum atomic E-state index is -0.521. The molecule has 6 heteroatoms. The Bertz CT molecular complexity index is 259. The minimum absolute atomic E-state index is 0.142. The smallest absolute Gasteiger partial charge is 0.306 e. The third kappa shape index (κ3) is 9.74. The molecule has 0 bridgehead atoms.